The first-order valence-corrected chi connectivity index (χ1v) is 10.2. The van der Waals surface area contributed by atoms with Crippen molar-refractivity contribution in [3.8, 4) is 11.5 Å². The summed E-state index contributed by atoms with van der Waals surface area (Å²) in [5.74, 6) is 0.606. The molecule has 0 spiro atoms. The van der Waals surface area contributed by atoms with Crippen LogP contribution in [-0.2, 0) is 19.4 Å². The summed E-state index contributed by atoms with van der Waals surface area (Å²) in [6.45, 7) is 0.401. The highest BCUT2D eigenvalue weighted by Crippen LogP contribution is 2.34. The lowest BCUT2D eigenvalue weighted by atomic mass is 10.0. The predicted octanol–water partition coefficient (Wildman–Crippen LogP) is 6.17. The van der Waals surface area contributed by atoms with Gasteiger partial charge in [0.25, 0.3) is 0 Å². The van der Waals surface area contributed by atoms with Crippen LogP contribution in [0.25, 0.3) is 0 Å². The van der Waals surface area contributed by atoms with Gasteiger partial charge in [0.05, 0.1) is 17.1 Å². The van der Waals surface area contributed by atoms with Crippen LogP contribution in [0, 0.1) is 0 Å². The Bertz CT molecular complexity index is 1000. The van der Waals surface area contributed by atoms with Crippen LogP contribution in [0.2, 0.25) is 5.02 Å². The zero-order chi connectivity index (χ0) is 20.8. The number of hydrogen-bond donors (Lipinski definition) is 1. The summed E-state index contributed by atoms with van der Waals surface area (Å²) >= 11 is 9.80. The molecule has 4 nitrogen and oxygen atoms in total. The third-order valence-electron chi connectivity index (χ3n) is 4.49. The summed E-state index contributed by atoms with van der Waals surface area (Å²) in [5.41, 5.74) is 3.31. The molecule has 150 valence electrons. The van der Waals surface area contributed by atoms with Gasteiger partial charge in [0.2, 0.25) is 0 Å². The van der Waals surface area contributed by atoms with E-state index >= 15 is 0 Å². The molecule has 3 rings (SSSR count). The normalized spacial score (nSPS) is 10.6. The van der Waals surface area contributed by atoms with Crippen molar-refractivity contribution in [2.45, 2.75) is 19.4 Å². The molecule has 0 unspecified atom stereocenters. The number of aryl methyl sites for hydroxylation is 2. The topological polar surface area (TPSA) is 55.8 Å². The molecule has 0 fully saturated rings. The fourth-order valence-electron chi connectivity index (χ4n) is 2.97. The minimum absolute atomic E-state index is 0.279. The second-order valence-electron chi connectivity index (χ2n) is 6.52. The van der Waals surface area contributed by atoms with E-state index in [9.17, 15) is 4.79 Å². The highest BCUT2D eigenvalue weighted by molar-refractivity contribution is 9.10. The van der Waals surface area contributed by atoms with E-state index in [1.54, 1.807) is 19.2 Å². The van der Waals surface area contributed by atoms with Crippen molar-refractivity contribution >= 4 is 33.5 Å². The Hall–Kier alpha value is -2.50. The molecule has 0 aliphatic carbocycles. The van der Waals surface area contributed by atoms with E-state index in [-0.39, 0.29) is 5.56 Å². The van der Waals surface area contributed by atoms with Gasteiger partial charge in [-0.1, -0.05) is 35.9 Å². The Kier molecular flexibility index (Phi) is 7.18. The monoisotopic (exact) mass is 474 g/mol. The predicted molar refractivity (Wildman–Crippen MR) is 117 cm³/mol. The van der Waals surface area contributed by atoms with Crippen LogP contribution >= 0.6 is 27.5 Å². The van der Waals surface area contributed by atoms with Crippen LogP contribution in [-0.4, -0.2) is 18.2 Å². The van der Waals surface area contributed by atoms with Crippen LogP contribution in [0.15, 0.2) is 65.1 Å². The van der Waals surface area contributed by atoms with Gasteiger partial charge in [0.1, 0.15) is 18.1 Å². The first-order valence-electron chi connectivity index (χ1n) is 9.02. The van der Waals surface area contributed by atoms with Gasteiger partial charge in [-0.25, -0.2) is 4.79 Å². The molecule has 0 bridgehead atoms. The number of methoxy groups -OCH3 is 1. The number of aromatic carboxylic acids is 1. The second-order valence-corrected chi connectivity index (χ2v) is 7.81. The minimum atomic E-state index is -0.927. The SMILES string of the molecule is COc1cccc(COc2c(Br)cc(Cl)cc2CCc2ccc(C(=O)O)cc2)c1. The average Bonchev–Trinajstić information content (AvgIpc) is 2.71. The Morgan fingerprint density at radius 2 is 1.79 bits per heavy atom. The number of benzene rings is 3. The summed E-state index contributed by atoms with van der Waals surface area (Å²) in [6, 6.07) is 18.4. The van der Waals surface area contributed by atoms with E-state index in [1.807, 2.05) is 48.5 Å². The number of hydrogen-bond acceptors (Lipinski definition) is 3. The first kappa shape index (κ1) is 21.2. The second kappa shape index (κ2) is 9.81. The molecule has 0 amide bonds. The van der Waals surface area contributed by atoms with Crippen molar-refractivity contribution in [3.63, 3.8) is 0 Å². The van der Waals surface area contributed by atoms with E-state index in [4.69, 9.17) is 26.2 Å². The van der Waals surface area contributed by atoms with Crippen molar-refractivity contribution in [3.05, 3.63) is 92.4 Å². The van der Waals surface area contributed by atoms with E-state index in [2.05, 4.69) is 15.9 Å². The summed E-state index contributed by atoms with van der Waals surface area (Å²) < 4.78 is 12.2. The fraction of sp³-hybridized carbons (Fsp3) is 0.174. The van der Waals surface area contributed by atoms with Crippen molar-refractivity contribution in [2.75, 3.05) is 7.11 Å². The van der Waals surface area contributed by atoms with Crippen LogP contribution in [0.4, 0.5) is 0 Å². The summed E-state index contributed by atoms with van der Waals surface area (Å²) in [6.07, 6.45) is 1.45. The molecule has 6 heteroatoms. The number of carboxylic acid groups (broad SMARTS) is 1. The van der Waals surface area contributed by atoms with E-state index in [0.29, 0.717) is 18.1 Å². The third-order valence-corrected chi connectivity index (χ3v) is 5.29. The number of ether oxygens (including phenoxy) is 2. The lowest BCUT2D eigenvalue weighted by Crippen LogP contribution is -2.02. The van der Waals surface area contributed by atoms with Gasteiger partial charge in [-0.05, 0) is 81.9 Å². The van der Waals surface area contributed by atoms with Crippen LogP contribution < -0.4 is 9.47 Å². The molecule has 0 saturated heterocycles. The summed E-state index contributed by atoms with van der Waals surface area (Å²) in [4.78, 5) is 11.0. The first-order chi connectivity index (χ1) is 14.0. The van der Waals surface area contributed by atoms with E-state index < -0.39 is 5.97 Å². The third kappa shape index (κ3) is 5.75. The Labute approximate surface area is 183 Å². The van der Waals surface area contributed by atoms with Crippen LogP contribution in [0.3, 0.4) is 0 Å². The molecular formula is C23H20BrClO4. The smallest absolute Gasteiger partial charge is 0.335 e. The fourth-order valence-corrected chi connectivity index (χ4v) is 3.96. The van der Waals surface area contributed by atoms with Crippen molar-refractivity contribution in [1.82, 2.24) is 0 Å². The maximum atomic E-state index is 11.0. The number of halogens is 2. The largest absolute Gasteiger partial charge is 0.497 e. The molecule has 0 aromatic heterocycles. The molecule has 1 N–H and O–H groups in total. The molecule has 0 atom stereocenters. The highest BCUT2D eigenvalue weighted by atomic mass is 79.9. The average molecular weight is 476 g/mol. The molecule has 0 aliphatic rings. The summed E-state index contributed by atoms with van der Waals surface area (Å²) in [7, 11) is 1.64. The molecule has 0 aliphatic heterocycles. The molecular weight excluding hydrogens is 456 g/mol. The molecule has 29 heavy (non-hydrogen) atoms. The number of carboxylic acids is 1. The van der Waals surface area contributed by atoms with Gasteiger partial charge in [0, 0.05) is 5.02 Å². The zero-order valence-electron chi connectivity index (χ0n) is 15.8. The maximum absolute atomic E-state index is 11.0. The number of rotatable bonds is 8. The van der Waals surface area contributed by atoms with Crippen molar-refractivity contribution < 1.29 is 19.4 Å². The quantitative estimate of drug-likeness (QED) is 0.423. The van der Waals surface area contributed by atoms with Gasteiger partial charge in [0.15, 0.2) is 0 Å². The highest BCUT2D eigenvalue weighted by Gasteiger charge is 2.12. The standard InChI is InChI=1S/C23H20BrClO4/c1-28-20-4-2-3-16(11-20)14-29-22-18(12-19(25)13-21(22)24)10-7-15-5-8-17(9-6-15)23(26)27/h2-6,8-9,11-13H,7,10,14H2,1H3,(H,26,27). The van der Waals surface area contributed by atoms with Gasteiger partial charge in [-0.15, -0.1) is 0 Å². The Morgan fingerprint density at radius 1 is 1.03 bits per heavy atom. The van der Waals surface area contributed by atoms with Gasteiger partial charge < -0.3 is 14.6 Å². The summed E-state index contributed by atoms with van der Waals surface area (Å²) in [5, 5.41) is 9.65. The molecule has 0 saturated carbocycles. The van der Waals surface area contributed by atoms with Gasteiger partial charge in [-0.3, -0.25) is 0 Å². The minimum Gasteiger partial charge on any atom is -0.497 e. The zero-order valence-corrected chi connectivity index (χ0v) is 18.2. The lowest BCUT2D eigenvalue weighted by molar-refractivity contribution is 0.0697. The van der Waals surface area contributed by atoms with Crippen LogP contribution in [0.1, 0.15) is 27.0 Å². The molecule has 0 radical (unpaired) electrons. The Morgan fingerprint density at radius 3 is 2.48 bits per heavy atom. The van der Waals surface area contributed by atoms with Crippen molar-refractivity contribution in [2.24, 2.45) is 0 Å². The molecule has 3 aromatic carbocycles. The molecule has 3 aromatic rings. The van der Waals surface area contributed by atoms with Crippen LogP contribution in [0.5, 0.6) is 11.5 Å². The Balaban J connectivity index is 1.74. The van der Waals surface area contributed by atoms with E-state index in [0.717, 1.165) is 39.1 Å². The van der Waals surface area contributed by atoms with Gasteiger partial charge >= 0.3 is 5.97 Å². The molecule has 0 heterocycles. The number of carbonyl (C=O) groups is 1. The maximum Gasteiger partial charge on any atom is 0.335 e. The lowest BCUT2D eigenvalue weighted by Gasteiger charge is -2.15. The van der Waals surface area contributed by atoms with E-state index in [1.165, 1.54) is 0 Å². The van der Waals surface area contributed by atoms with Gasteiger partial charge in [-0.2, -0.15) is 0 Å². The van der Waals surface area contributed by atoms with Crippen molar-refractivity contribution in [1.29, 1.82) is 0 Å².